The van der Waals surface area contributed by atoms with E-state index in [9.17, 15) is 8.42 Å². The van der Waals surface area contributed by atoms with Gasteiger partial charge in [0, 0.05) is 33.4 Å². The van der Waals surface area contributed by atoms with E-state index in [0.717, 1.165) is 6.54 Å². The number of sulfonamides is 1. The molecule has 0 bridgehead atoms. The number of hydrogen-bond donors (Lipinski definition) is 2. The van der Waals surface area contributed by atoms with Gasteiger partial charge in [-0.2, -0.15) is 0 Å². The van der Waals surface area contributed by atoms with Gasteiger partial charge in [-0.15, -0.1) is 0 Å². The lowest BCUT2D eigenvalue weighted by atomic mass is 10.3. The summed E-state index contributed by atoms with van der Waals surface area (Å²) >= 11 is 0. The van der Waals surface area contributed by atoms with Gasteiger partial charge in [0.1, 0.15) is 0 Å². The Balaban J connectivity index is 2.18. The van der Waals surface area contributed by atoms with Crippen molar-refractivity contribution >= 4 is 10.0 Å². The highest BCUT2D eigenvalue weighted by molar-refractivity contribution is 7.89. The second-order valence-corrected chi connectivity index (χ2v) is 5.64. The molecule has 6 nitrogen and oxygen atoms in total. The molecular formula is C9H20N2O4S. The largest absolute Gasteiger partial charge is 0.385 e. The van der Waals surface area contributed by atoms with E-state index in [-0.39, 0.29) is 11.9 Å². The molecule has 0 spiro atoms. The Morgan fingerprint density at radius 1 is 1.56 bits per heavy atom. The van der Waals surface area contributed by atoms with Crippen molar-refractivity contribution in [1.82, 2.24) is 10.0 Å². The van der Waals surface area contributed by atoms with E-state index in [1.54, 1.807) is 7.11 Å². The zero-order valence-corrected chi connectivity index (χ0v) is 10.4. The Labute approximate surface area is 96.7 Å². The van der Waals surface area contributed by atoms with Crippen LogP contribution in [0.25, 0.3) is 0 Å². The summed E-state index contributed by atoms with van der Waals surface area (Å²) in [7, 11) is -1.63. The van der Waals surface area contributed by atoms with Crippen molar-refractivity contribution in [2.75, 3.05) is 45.7 Å². The minimum atomic E-state index is -3.19. The quantitative estimate of drug-likeness (QED) is 0.564. The van der Waals surface area contributed by atoms with Crippen LogP contribution >= 0.6 is 0 Å². The van der Waals surface area contributed by atoms with Crippen LogP contribution in [0, 0.1) is 0 Å². The molecule has 1 unspecified atom stereocenters. The highest BCUT2D eigenvalue weighted by Gasteiger charge is 2.16. The van der Waals surface area contributed by atoms with Gasteiger partial charge in [-0.3, -0.25) is 0 Å². The average Bonchev–Trinajstić information content (AvgIpc) is 2.28. The molecule has 2 N–H and O–H groups in total. The van der Waals surface area contributed by atoms with E-state index in [2.05, 4.69) is 10.0 Å². The van der Waals surface area contributed by atoms with E-state index < -0.39 is 10.0 Å². The summed E-state index contributed by atoms with van der Waals surface area (Å²) < 4.78 is 35.7. The van der Waals surface area contributed by atoms with Crippen LogP contribution in [0.4, 0.5) is 0 Å². The first-order valence-electron chi connectivity index (χ1n) is 5.42. The number of ether oxygens (including phenoxy) is 2. The van der Waals surface area contributed by atoms with Crippen molar-refractivity contribution in [1.29, 1.82) is 0 Å². The number of hydrogen-bond acceptors (Lipinski definition) is 5. The average molecular weight is 252 g/mol. The fourth-order valence-electron chi connectivity index (χ4n) is 1.44. The molecule has 96 valence electrons. The van der Waals surface area contributed by atoms with Gasteiger partial charge in [0.25, 0.3) is 0 Å². The fourth-order valence-corrected chi connectivity index (χ4v) is 2.52. The van der Waals surface area contributed by atoms with Crippen LogP contribution in [-0.4, -0.2) is 60.2 Å². The topological polar surface area (TPSA) is 76.7 Å². The first-order valence-corrected chi connectivity index (χ1v) is 7.08. The summed E-state index contributed by atoms with van der Waals surface area (Å²) in [6, 6.07) is 0. The van der Waals surface area contributed by atoms with Gasteiger partial charge in [-0.25, -0.2) is 13.1 Å². The Bertz CT molecular complexity index is 275. The van der Waals surface area contributed by atoms with Gasteiger partial charge >= 0.3 is 0 Å². The fraction of sp³-hybridized carbons (Fsp3) is 1.00. The number of rotatable bonds is 7. The van der Waals surface area contributed by atoms with E-state index in [1.165, 1.54) is 0 Å². The first kappa shape index (κ1) is 13.9. The van der Waals surface area contributed by atoms with Crippen molar-refractivity contribution < 1.29 is 17.9 Å². The molecule has 0 amide bonds. The summed E-state index contributed by atoms with van der Waals surface area (Å²) in [6.07, 6.45) is 0.446. The minimum Gasteiger partial charge on any atom is -0.385 e. The number of methoxy groups -OCH3 is 1. The van der Waals surface area contributed by atoms with Crippen molar-refractivity contribution in [3.05, 3.63) is 0 Å². The van der Waals surface area contributed by atoms with E-state index in [0.29, 0.717) is 32.7 Å². The van der Waals surface area contributed by atoms with Crippen LogP contribution in [-0.2, 0) is 19.5 Å². The van der Waals surface area contributed by atoms with Gasteiger partial charge in [-0.05, 0) is 6.42 Å². The molecule has 1 atom stereocenters. The highest BCUT2D eigenvalue weighted by atomic mass is 32.2. The third kappa shape index (κ3) is 5.76. The molecule has 16 heavy (non-hydrogen) atoms. The monoisotopic (exact) mass is 252 g/mol. The van der Waals surface area contributed by atoms with Gasteiger partial charge in [0.15, 0.2) is 0 Å². The van der Waals surface area contributed by atoms with Crippen LogP contribution in [0.3, 0.4) is 0 Å². The minimum absolute atomic E-state index is 0.0639. The summed E-state index contributed by atoms with van der Waals surface area (Å²) in [4.78, 5) is 0. The highest BCUT2D eigenvalue weighted by Crippen LogP contribution is 1.96. The molecule has 7 heteroatoms. The van der Waals surface area contributed by atoms with E-state index >= 15 is 0 Å². The van der Waals surface area contributed by atoms with Gasteiger partial charge in [-0.1, -0.05) is 0 Å². The van der Waals surface area contributed by atoms with Crippen LogP contribution in [0.5, 0.6) is 0 Å². The molecule has 1 fully saturated rings. The normalized spacial score (nSPS) is 22.2. The molecule has 0 aromatic heterocycles. The molecule has 0 aromatic rings. The second-order valence-electron chi connectivity index (χ2n) is 3.71. The van der Waals surface area contributed by atoms with E-state index in [4.69, 9.17) is 9.47 Å². The van der Waals surface area contributed by atoms with Gasteiger partial charge in [0.2, 0.25) is 10.0 Å². The van der Waals surface area contributed by atoms with Crippen molar-refractivity contribution in [2.45, 2.75) is 12.5 Å². The standard InChI is InChI=1S/C9H20N2O4S/c1-14-4-2-6-16(12,13)11-8-9-7-10-3-5-15-9/h9-11H,2-8H2,1H3. The lowest BCUT2D eigenvalue weighted by Crippen LogP contribution is -2.45. The first-order chi connectivity index (χ1) is 7.64. The molecule has 0 saturated carbocycles. The smallest absolute Gasteiger partial charge is 0.211 e. The Kier molecular flexibility index (Phi) is 6.22. The van der Waals surface area contributed by atoms with Crippen LogP contribution in [0.15, 0.2) is 0 Å². The van der Waals surface area contributed by atoms with Crippen molar-refractivity contribution in [3.8, 4) is 0 Å². The SMILES string of the molecule is COCCCS(=O)(=O)NCC1CNCCO1. The number of morpholine rings is 1. The molecule has 0 radical (unpaired) electrons. The Morgan fingerprint density at radius 2 is 2.38 bits per heavy atom. The second kappa shape index (κ2) is 7.18. The molecular weight excluding hydrogens is 232 g/mol. The van der Waals surface area contributed by atoms with Crippen LogP contribution in [0.2, 0.25) is 0 Å². The lowest BCUT2D eigenvalue weighted by molar-refractivity contribution is 0.0324. The third-order valence-electron chi connectivity index (χ3n) is 2.30. The summed E-state index contributed by atoms with van der Waals surface area (Å²) in [6.45, 7) is 2.96. The molecule has 0 aromatic carbocycles. The number of nitrogens with one attached hydrogen (secondary N) is 2. The molecule has 1 aliphatic rings. The van der Waals surface area contributed by atoms with Crippen LogP contribution < -0.4 is 10.0 Å². The molecule has 1 aliphatic heterocycles. The van der Waals surface area contributed by atoms with Crippen molar-refractivity contribution in [3.63, 3.8) is 0 Å². The zero-order chi connectivity index (χ0) is 11.9. The summed E-state index contributed by atoms with van der Waals surface area (Å²) in [5, 5.41) is 3.14. The zero-order valence-electron chi connectivity index (χ0n) is 9.57. The molecule has 1 saturated heterocycles. The van der Waals surface area contributed by atoms with Gasteiger partial charge < -0.3 is 14.8 Å². The summed E-state index contributed by atoms with van der Waals surface area (Å²) in [5.41, 5.74) is 0. The summed E-state index contributed by atoms with van der Waals surface area (Å²) in [5.74, 6) is 0.0982. The Morgan fingerprint density at radius 3 is 3.00 bits per heavy atom. The lowest BCUT2D eigenvalue weighted by Gasteiger charge is -2.23. The Hall–Kier alpha value is -0.210. The maximum absolute atomic E-state index is 11.5. The predicted octanol–water partition coefficient (Wildman–Crippen LogP) is -1.07. The maximum atomic E-state index is 11.5. The van der Waals surface area contributed by atoms with Crippen LogP contribution in [0.1, 0.15) is 6.42 Å². The third-order valence-corrected chi connectivity index (χ3v) is 3.73. The molecule has 1 rings (SSSR count). The van der Waals surface area contributed by atoms with Crippen molar-refractivity contribution in [2.24, 2.45) is 0 Å². The predicted molar refractivity (Wildman–Crippen MR) is 60.9 cm³/mol. The van der Waals surface area contributed by atoms with Gasteiger partial charge in [0.05, 0.1) is 18.5 Å². The molecule has 1 heterocycles. The molecule has 0 aliphatic carbocycles. The van der Waals surface area contributed by atoms with E-state index in [1.807, 2.05) is 0 Å². The maximum Gasteiger partial charge on any atom is 0.211 e.